The smallest absolute Gasteiger partial charge is 0.120 e. The Bertz CT molecular complexity index is 269. The van der Waals surface area contributed by atoms with Crippen LogP contribution in [-0.2, 0) is 4.79 Å². The molecule has 0 aromatic heterocycles. The van der Waals surface area contributed by atoms with Crippen molar-refractivity contribution in [3.8, 4) is 0 Å². The lowest BCUT2D eigenvalue weighted by Crippen LogP contribution is -2.38. The van der Waals surface area contributed by atoms with Crippen LogP contribution in [0.2, 0.25) is 0 Å². The third-order valence-electron chi connectivity index (χ3n) is 1.56. The highest BCUT2D eigenvalue weighted by molar-refractivity contribution is 6.30. The molecule has 0 unspecified atom stereocenters. The second kappa shape index (κ2) is 3.26. The molecule has 4 nitrogen and oxygen atoms in total. The van der Waals surface area contributed by atoms with Crippen molar-refractivity contribution >= 4 is 17.6 Å². The van der Waals surface area contributed by atoms with E-state index in [1.54, 1.807) is 0 Å². The Labute approximate surface area is 73.4 Å². The Morgan fingerprint density at radius 1 is 1.42 bits per heavy atom. The van der Waals surface area contributed by atoms with Crippen LogP contribution in [0.25, 0.3) is 0 Å². The number of carbonyl (C=O) groups is 1. The molecular weight excluding hydrogens is 184 g/mol. The minimum atomic E-state index is -1.51. The number of hydrogen-bond donors (Lipinski definition) is 2. The van der Waals surface area contributed by atoms with E-state index in [0.717, 1.165) is 6.08 Å². The predicted octanol–water partition coefficient (Wildman–Crippen LogP) is -1.48. The molecule has 0 radical (unpaired) electrons. The standard InChI is InChI=1S/C7H7ClO4/c8-4-2-1-3(7(11)12)5(9)6(4)10/h1-2,5-6,9-10H,(H,11,12)/p-1/t5-,6-/m0/s1. The van der Waals surface area contributed by atoms with Gasteiger partial charge in [-0.15, -0.1) is 0 Å². The summed E-state index contributed by atoms with van der Waals surface area (Å²) in [6.07, 6.45) is -0.559. The third kappa shape index (κ3) is 1.50. The molecule has 0 fully saturated rings. The lowest BCUT2D eigenvalue weighted by atomic mass is 9.99. The van der Waals surface area contributed by atoms with Crippen LogP contribution < -0.4 is 5.11 Å². The third-order valence-corrected chi connectivity index (χ3v) is 1.91. The average Bonchev–Trinajstić information content (AvgIpc) is 2.00. The van der Waals surface area contributed by atoms with E-state index in [-0.39, 0.29) is 10.6 Å². The molecule has 2 N–H and O–H groups in total. The van der Waals surface area contributed by atoms with Gasteiger partial charge in [0.05, 0.1) is 5.97 Å². The van der Waals surface area contributed by atoms with Gasteiger partial charge >= 0.3 is 0 Å². The van der Waals surface area contributed by atoms with Gasteiger partial charge in [0, 0.05) is 10.6 Å². The van der Waals surface area contributed by atoms with Crippen LogP contribution in [0, 0.1) is 0 Å². The summed E-state index contributed by atoms with van der Waals surface area (Å²) in [5, 5.41) is 28.5. The maximum Gasteiger partial charge on any atom is 0.120 e. The fourth-order valence-electron chi connectivity index (χ4n) is 0.876. The van der Waals surface area contributed by atoms with Crippen molar-refractivity contribution in [1.82, 2.24) is 0 Å². The largest absolute Gasteiger partial charge is 0.545 e. The van der Waals surface area contributed by atoms with Crippen molar-refractivity contribution in [1.29, 1.82) is 0 Å². The normalized spacial score (nSPS) is 29.2. The Morgan fingerprint density at radius 2 is 2.00 bits per heavy atom. The second-order valence-corrected chi connectivity index (χ2v) is 2.79. The topological polar surface area (TPSA) is 80.6 Å². The van der Waals surface area contributed by atoms with Gasteiger partial charge in [0.2, 0.25) is 0 Å². The molecular formula is C7H6ClO4-. The van der Waals surface area contributed by atoms with Crippen LogP contribution in [0.5, 0.6) is 0 Å². The van der Waals surface area contributed by atoms with Crippen LogP contribution in [0.4, 0.5) is 0 Å². The summed E-state index contributed by atoms with van der Waals surface area (Å²) in [5.41, 5.74) is -0.369. The fourth-order valence-corrected chi connectivity index (χ4v) is 1.06. The first-order valence-corrected chi connectivity index (χ1v) is 3.56. The predicted molar refractivity (Wildman–Crippen MR) is 39.0 cm³/mol. The zero-order chi connectivity index (χ0) is 9.30. The van der Waals surface area contributed by atoms with E-state index < -0.39 is 18.2 Å². The van der Waals surface area contributed by atoms with Crippen molar-refractivity contribution in [3.63, 3.8) is 0 Å². The summed E-state index contributed by atoms with van der Waals surface area (Å²) in [7, 11) is 0. The number of aliphatic hydroxyl groups is 2. The molecule has 66 valence electrons. The molecule has 0 aromatic carbocycles. The summed E-state index contributed by atoms with van der Waals surface area (Å²) in [4.78, 5) is 10.3. The zero-order valence-electron chi connectivity index (χ0n) is 5.90. The van der Waals surface area contributed by atoms with Gasteiger partial charge in [-0.25, -0.2) is 0 Å². The minimum absolute atomic E-state index is 0.00694. The lowest BCUT2D eigenvalue weighted by Gasteiger charge is -2.23. The summed E-state index contributed by atoms with van der Waals surface area (Å²) in [6.45, 7) is 0. The van der Waals surface area contributed by atoms with E-state index in [9.17, 15) is 9.90 Å². The number of aliphatic hydroxyl groups excluding tert-OH is 2. The number of carboxylic acid groups (broad SMARTS) is 1. The van der Waals surface area contributed by atoms with Crippen molar-refractivity contribution in [2.24, 2.45) is 0 Å². The average molecular weight is 190 g/mol. The quantitative estimate of drug-likeness (QED) is 0.527. The van der Waals surface area contributed by atoms with Crippen LogP contribution in [0.3, 0.4) is 0 Å². The molecule has 0 amide bonds. The van der Waals surface area contributed by atoms with Crippen LogP contribution in [0.1, 0.15) is 0 Å². The SMILES string of the molecule is O=C([O-])C1=CC=C(Cl)[C@H](O)[C@H]1O. The van der Waals surface area contributed by atoms with Crippen LogP contribution in [0.15, 0.2) is 22.8 Å². The number of aliphatic carboxylic acids is 1. The summed E-state index contributed by atoms with van der Waals surface area (Å²) in [6, 6.07) is 0. The molecule has 5 heteroatoms. The number of halogens is 1. The first-order valence-electron chi connectivity index (χ1n) is 3.18. The van der Waals surface area contributed by atoms with Gasteiger partial charge in [-0.05, 0) is 6.08 Å². The molecule has 2 atom stereocenters. The first-order chi connectivity index (χ1) is 5.54. The molecule has 0 aliphatic heterocycles. The van der Waals surface area contributed by atoms with Gasteiger partial charge in [-0.3, -0.25) is 0 Å². The molecule has 0 heterocycles. The number of carboxylic acids is 1. The zero-order valence-corrected chi connectivity index (χ0v) is 6.65. The highest BCUT2D eigenvalue weighted by Crippen LogP contribution is 2.21. The Hall–Kier alpha value is -0.840. The van der Waals surface area contributed by atoms with E-state index in [2.05, 4.69) is 0 Å². The van der Waals surface area contributed by atoms with Gasteiger partial charge in [-0.1, -0.05) is 17.7 Å². The molecule has 0 bridgehead atoms. The van der Waals surface area contributed by atoms with Gasteiger partial charge in [0.15, 0.2) is 0 Å². The molecule has 1 rings (SSSR count). The van der Waals surface area contributed by atoms with Crippen molar-refractivity contribution < 1.29 is 20.1 Å². The van der Waals surface area contributed by atoms with Gasteiger partial charge in [0.25, 0.3) is 0 Å². The maximum absolute atomic E-state index is 10.3. The number of hydrogen-bond acceptors (Lipinski definition) is 4. The number of carbonyl (C=O) groups excluding carboxylic acids is 1. The minimum Gasteiger partial charge on any atom is -0.545 e. The van der Waals surface area contributed by atoms with Gasteiger partial charge in [0.1, 0.15) is 12.2 Å². The van der Waals surface area contributed by atoms with Crippen molar-refractivity contribution in [2.75, 3.05) is 0 Å². The highest BCUT2D eigenvalue weighted by atomic mass is 35.5. The number of allylic oxidation sites excluding steroid dienone is 2. The molecule has 1 aliphatic carbocycles. The fraction of sp³-hybridized carbons (Fsp3) is 0.286. The lowest BCUT2D eigenvalue weighted by molar-refractivity contribution is -0.300. The molecule has 1 aliphatic rings. The van der Waals surface area contributed by atoms with Crippen LogP contribution >= 0.6 is 11.6 Å². The van der Waals surface area contributed by atoms with E-state index >= 15 is 0 Å². The van der Waals surface area contributed by atoms with E-state index in [0.29, 0.717) is 0 Å². The second-order valence-electron chi connectivity index (χ2n) is 2.35. The summed E-state index contributed by atoms with van der Waals surface area (Å²) < 4.78 is 0. The number of rotatable bonds is 1. The summed E-state index contributed by atoms with van der Waals surface area (Å²) >= 11 is 5.43. The first kappa shape index (κ1) is 9.25. The molecule has 12 heavy (non-hydrogen) atoms. The molecule has 0 spiro atoms. The summed E-state index contributed by atoms with van der Waals surface area (Å²) in [5.74, 6) is -1.51. The highest BCUT2D eigenvalue weighted by Gasteiger charge is 2.26. The molecule has 0 saturated heterocycles. The Balaban J connectivity index is 2.97. The molecule has 0 saturated carbocycles. The van der Waals surface area contributed by atoms with E-state index in [1.807, 2.05) is 0 Å². The maximum atomic E-state index is 10.3. The van der Waals surface area contributed by atoms with Crippen LogP contribution in [-0.4, -0.2) is 28.4 Å². The monoisotopic (exact) mass is 189 g/mol. The van der Waals surface area contributed by atoms with Gasteiger partial charge < -0.3 is 20.1 Å². The van der Waals surface area contributed by atoms with E-state index in [1.165, 1.54) is 6.08 Å². The van der Waals surface area contributed by atoms with Crippen molar-refractivity contribution in [2.45, 2.75) is 12.2 Å². The Kier molecular flexibility index (Phi) is 2.52. The Morgan fingerprint density at radius 3 is 2.50 bits per heavy atom. The van der Waals surface area contributed by atoms with E-state index in [4.69, 9.17) is 21.8 Å². The van der Waals surface area contributed by atoms with Gasteiger partial charge in [-0.2, -0.15) is 0 Å². The van der Waals surface area contributed by atoms with Crippen molar-refractivity contribution in [3.05, 3.63) is 22.8 Å². The molecule has 0 aromatic rings.